The molecular weight excluding hydrogens is 222 g/mol. The van der Waals surface area contributed by atoms with Crippen LogP contribution >= 0.6 is 0 Å². The standard InChI is InChI=1S/C15H23N3/c1-4-12(11(3)16)10-14-13-8-6-7-9-15(13)18(5-2)17-14/h6-9,11-12H,4-5,10,16H2,1-3H3. The maximum Gasteiger partial charge on any atom is 0.0706 e. The quantitative estimate of drug-likeness (QED) is 0.880. The Labute approximate surface area is 109 Å². The van der Waals surface area contributed by atoms with Crippen molar-refractivity contribution in [3.8, 4) is 0 Å². The van der Waals surface area contributed by atoms with Gasteiger partial charge in [-0.15, -0.1) is 0 Å². The van der Waals surface area contributed by atoms with Gasteiger partial charge in [-0.05, 0) is 32.3 Å². The molecule has 0 fully saturated rings. The molecule has 0 spiro atoms. The summed E-state index contributed by atoms with van der Waals surface area (Å²) in [6.45, 7) is 7.34. The molecule has 98 valence electrons. The summed E-state index contributed by atoms with van der Waals surface area (Å²) in [5, 5.41) is 6.02. The minimum atomic E-state index is 0.223. The molecule has 0 saturated carbocycles. The Morgan fingerprint density at radius 1 is 1.28 bits per heavy atom. The fourth-order valence-electron chi connectivity index (χ4n) is 2.54. The zero-order valence-corrected chi connectivity index (χ0v) is 11.6. The number of rotatable bonds is 5. The topological polar surface area (TPSA) is 43.8 Å². The van der Waals surface area contributed by atoms with Crippen molar-refractivity contribution < 1.29 is 0 Å². The molecule has 0 amide bonds. The summed E-state index contributed by atoms with van der Waals surface area (Å²) in [5.74, 6) is 0.508. The molecule has 0 aliphatic carbocycles. The summed E-state index contributed by atoms with van der Waals surface area (Å²) in [6, 6.07) is 8.68. The van der Waals surface area contributed by atoms with E-state index in [1.165, 1.54) is 16.6 Å². The summed E-state index contributed by atoms with van der Waals surface area (Å²) in [6.07, 6.45) is 2.08. The van der Waals surface area contributed by atoms with Gasteiger partial charge in [0, 0.05) is 18.0 Å². The third-order valence-electron chi connectivity index (χ3n) is 3.76. The largest absolute Gasteiger partial charge is 0.328 e. The first kappa shape index (κ1) is 13.1. The molecule has 0 radical (unpaired) electrons. The third-order valence-corrected chi connectivity index (χ3v) is 3.76. The Kier molecular flexibility index (Phi) is 4.02. The number of hydrogen-bond acceptors (Lipinski definition) is 2. The van der Waals surface area contributed by atoms with Crippen LogP contribution in [0.1, 0.15) is 32.9 Å². The molecular formula is C15H23N3. The molecule has 3 nitrogen and oxygen atoms in total. The highest BCUT2D eigenvalue weighted by Crippen LogP contribution is 2.23. The molecule has 2 atom stereocenters. The molecule has 1 aromatic carbocycles. The van der Waals surface area contributed by atoms with Crippen molar-refractivity contribution >= 4 is 10.9 Å². The van der Waals surface area contributed by atoms with Gasteiger partial charge in [-0.3, -0.25) is 4.68 Å². The van der Waals surface area contributed by atoms with E-state index < -0.39 is 0 Å². The van der Waals surface area contributed by atoms with Crippen LogP contribution in [0.2, 0.25) is 0 Å². The van der Waals surface area contributed by atoms with Crippen LogP contribution in [0.4, 0.5) is 0 Å². The second-order valence-corrected chi connectivity index (χ2v) is 5.01. The van der Waals surface area contributed by atoms with E-state index in [1.807, 2.05) is 0 Å². The lowest BCUT2D eigenvalue weighted by Crippen LogP contribution is -2.27. The number of fused-ring (bicyclic) bond motifs is 1. The number of nitrogens with zero attached hydrogens (tertiary/aromatic N) is 2. The van der Waals surface area contributed by atoms with Crippen LogP contribution in [0.25, 0.3) is 10.9 Å². The first-order chi connectivity index (χ1) is 8.67. The molecule has 2 rings (SSSR count). The molecule has 0 aliphatic rings. The van der Waals surface area contributed by atoms with Gasteiger partial charge < -0.3 is 5.73 Å². The molecule has 18 heavy (non-hydrogen) atoms. The maximum atomic E-state index is 6.04. The number of para-hydroxylation sites is 1. The molecule has 2 aromatic rings. The van der Waals surface area contributed by atoms with Gasteiger partial charge in [0.1, 0.15) is 0 Å². The molecule has 3 heteroatoms. The van der Waals surface area contributed by atoms with Crippen molar-refractivity contribution in [1.29, 1.82) is 0 Å². The van der Waals surface area contributed by atoms with Gasteiger partial charge in [0.25, 0.3) is 0 Å². The number of hydrogen-bond donors (Lipinski definition) is 1. The summed E-state index contributed by atoms with van der Waals surface area (Å²) in [4.78, 5) is 0. The maximum absolute atomic E-state index is 6.04. The molecule has 2 N–H and O–H groups in total. The summed E-state index contributed by atoms with van der Waals surface area (Å²) >= 11 is 0. The van der Waals surface area contributed by atoms with Crippen LogP contribution in [0.5, 0.6) is 0 Å². The van der Waals surface area contributed by atoms with Crippen LogP contribution in [0.15, 0.2) is 24.3 Å². The van der Waals surface area contributed by atoms with Crippen LogP contribution in [-0.4, -0.2) is 15.8 Å². The first-order valence-electron chi connectivity index (χ1n) is 6.87. The summed E-state index contributed by atoms with van der Waals surface area (Å²) < 4.78 is 2.08. The highest BCUT2D eigenvalue weighted by Gasteiger charge is 2.17. The minimum Gasteiger partial charge on any atom is -0.328 e. The van der Waals surface area contributed by atoms with Gasteiger partial charge in [0.15, 0.2) is 0 Å². The Morgan fingerprint density at radius 2 is 2.00 bits per heavy atom. The molecule has 1 heterocycles. The first-order valence-corrected chi connectivity index (χ1v) is 6.87. The Hall–Kier alpha value is -1.35. The zero-order chi connectivity index (χ0) is 13.1. The second-order valence-electron chi connectivity index (χ2n) is 5.01. The Bertz CT molecular complexity index is 513. The third kappa shape index (κ3) is 2.41. The average Bonchev–Trinajstić information content (AvgIpc) is 2.74. The molecule has 0 aliphatic heterocycles. The molecule has 1 aromatic heterocycles. The number of aryl methyl sites for hydroxylation is 1. The SMILES string of the molecule is CCC(Cc1nn(CC)c2ccccc12)C(C)N. The van der Waals surface area contributed by atoms with E-state index >= 15 is 0 Å². The van der Waals surface area contributed by atoms with Crippen molar-refractivity contribution in [1.82, 2.24) is 9.78 Å². The highest BCUT2D eigenvalue weighted by atomic mass is 15.3. The van der Waals surface area contributed by atoms with Gasteiger partial charge in [0.05, 0.1) is 11.2 Å². The number of nitrogens with two attached hydrogens (primary N) is 1. The van der Waals surface area contributed by atoms with E-state index in [2.05, 4.69) is 49.7 Å². The van der Waals surface area contributed by atoms with E-state index in [4.69, 9.17) is 10.8 Å². The van der Waals surface area contributed by atoms with E-state index in [-0.39, 0.29) is 6.04 Å². The molecule has 0 bridgehead atoms. The molecule has 2 unspecified atom stereocenters. The van der Waals surface area contributed by atoms with Crippen LogP contribution in [-0.2, 0) is 13.0 Å². The smallest absolute Gasteiger partial charge is 0.0706 e. The predicted octanol–water partition coefficient (Wildman–Crippen LogP) is 2.97. The molecule has 0 saturated heterocycles. The van der Waals surface area contributed by atoms with Crippen molar-refractivity contribution in [3.05, 3.63) is 30.0 Å². The minimum absolute atomic E-state index is 0.223. The summed E-state index contributed by atoms with van der Waals surface area (Å²) in [5.41, 5.74) is 8.47. The predicted molar refractivity (Wildman–Crippen MR) is 76.5 cm³/mol. The lowest BCUT2D eigenvalue weighted by Gasteiger charge is -2.17. The Morgan fingerprint density at radius 3 is 2.61 bits per heavy atom. The average molecular weight is 245 g/mol. The van der Waals surface area contributed by atoms with E-state index in [0.29, 0.717) is 5.92 Å². The van der Waals surface area contributed by atoms with Crippen LogP contribution in [0.3, 0.4) is 0 Å². The summed E-state index contributed by atoms with van der Waals surface area (Å²) in [7, 11) is 0. The van der Waals surface area contributed by atoms with Gasteiger partial charge >= 0.3 is 0 Å². The fraction of sp³-hybridized carbons (Fsp3) is 0.533. The second kappa shape index (κ2) is 5.53. The lowest BCUT2D eigenvalue weighted by molar-refractivity contribution is 0.422. The van der Waals surface area contributed by atoms with Crippen molar-refractivity contribution in [2.75, 3.05) is 0 Å². The van der Waals surface area contributed by atoms with Gasteiger partial charge in [-0.1, -0.05) is 31.5 Å². The van der Waals surface area contributed by atoms with E-state index in [9.17, 15) is 0 Å². The van der Waals surface area contributed by atoms with E-state index in [1.54, 1.807) is 0 Å². The lowest BCUT2D eigenvalue weighted by atomic mass is 9.93. The monoisotopic (exact) mass is 245 g/mol. The van der Waals surface area contributed by atoms with Gasteiger partial charge in [-0.2, -0.15) is 5.10 Å². The van der Waals surface area contributed by atoms with Crippen molar-refractivity contribution in [2.45, 2.75) is 46.2 Å². The van der Waals surface area contributed by atoms with Crippen LogP contribution in [0, 0.1) is 5.92 Å². The van der Waals surface area contributed by atoms with E-state index in [0.717, 1.165) is 19.4 Å². The van der Waals surface area contributed by atoms with Crippen LogP contribution < -0.4 is 5.73 Å². The Balaban J connectivity index is 2.39. The van der Waals surface area contributed by atoms with Gasteiger partial charge in [0.2, 0.25) is 0 Å². The highest BCUT2D eigenvalue weighted by molar-refractivity contribution is 5.81. The van der Waals surface area contributed by atoms with Crippen molar-refractivity contribution in [2.24, 2.45) is 11.7 Å². The normalized spacial score (nSPS) is 14.9. The van der Waals surface area contributed by atoms with Gasteiger partial charge in [-0.25, -0.2) is 0 Å². The number of benzene rings is 1. The van der Waals surface area contributed by atoms with Crippen molar-refractivity contribution in [3.63, 3.8) is 0 Å². The fourth-order valence-corrected chi connectivity index (χ4v) is 2.54. The zero-order valence-electron chi connectivity index (χ0n) is 11.6. The number of aromatic nitrogens is 2.